The highest BCUT2D eigenvalue weighted by Crippen LogP contribution is 2.28. The molecule has 19 heavy (non-hydrogen) atoms. The molecule has 4 nitrogen and oxygen atoms in total. The Hall–Kier alpha value is -0.610. The van der Waals surface area contributed by atoms with Crippen LogP contribution in [0.3, 0.4) is 0 Å². The van der Waals surface area contributed by atoms with Gasteiger partial charge in [0.2, 0.25) is 5.91 Å². The summed E-state index contributed by atoms with van der Waals surface area (Å²) in [4.78, 5) is 14.3. The highest BCUT2D eigenvalue weighted by Gasteiger charge is 2.27. The molecule has 0 aliphatic heterocycles. The minimum atomic E-state index is 0.0639. The maximum Gasteiger partial charge on any atom is 0.222 e. The van der Waals surface area contributed by atoms with Gasteiger partial charge in [-0.15, -0.1) is 0 Å². The molecule has 3 N–H and O–H groups in total. The monoisotopic (exact) mass is 270 g/mol. The van der Waals surface area contributed by atoms with E-state index in [9.17, 15) is 4.79 Å². The van der Waals surface area contributed by atoms with Crippen LogP contribution in [0.2, 0.25) is 0 Å². The minimum Gasteiger partial charge on any atom is -0.395 e. The van der Waals surface area contributed by atoms with Gasteiger partial charge in [0.05, 0.1) is 6.61 Å². The van der Waals surface area contributed by atoms with Gasteiger partial charge >= 0.3 is 0 Å². The van der Waals surface area contributed by atoms with Gasteiger partial charge in [-0.1, -0.05) is 26.7 Å². The second-order valence-corrected chi connectivity index (χ2v) is 6.45. The first kappa shape index (κ1) is 16.4. The van der Waals surface area contributed by atoms with Gasteiger partial charge in [0.15, 0.2) is 0 Å². The molecule has 0 atom stereocenters. The Morgan fingerprint density at radius 3 is 2.47 bits per heavy atom. The van der Waals surface area contributed by atoms with Gasteiger partial charge in [0, 0.05) is 19.0 Å². The van der Waals surface area contributed by atoms with E-state index in [1.165, 1.54) is 12.8 Å². The van der Waals surface area contributed by atoms with E-state index in [-0.39, 0.29) is 17.9 Å². The van der Waals surface area contributed by atoms with E-state index in [1.807, 2.05) is 4.90 Å². The molecule has 0 bridgehead atoms. The Morgan fingerprint density at radius 2 is 1.95 bits per heavy atom. The van der Waals surface area contributed by atoms with Crippen molar-refractivity contribution in [3.05, 3.63) is 0 Å². The summed E-state index contributed by atoms with van der Waals surface area (Å²) in [5, 5.41) is 9.15. The fourth-order valence-corrected chi connectivity index (χ4v) is 2.94. The van der Waals surface area contributed by atoms with Crippen LogP contribution < -0.4 is 5.73 Å². The molecule has 0 unspecified atom stereocenters. The summed E-state index contributed by atoms with van der Waals surface area (Å²) >= 11 is 0. The second kappa shape index (κ2) is 7.85. The lowest BCUT2D eigenvalue weighted by molar-refractivity contribution is -0.134. The zero-order valence-electron chi connectivity index (χ0n) is 12.5. The molecular weight excluding hydrogens is 240 g/mol. The minimum absolute atomic E-state index is 0.0639. The fourth-order valence-electron chi connectivity index (χ4n) is 2.94. The number of hydrogen-bond acceptors (Lipinski definition) is 3. The van der Waals surface area contributed by atoms with E-state index in [1.54, 1.807) is 0 Å². The Morgan fingerprint density at radius 1 is 1.32 bits per heavy atom. The molecule has 0 aromatic rings. The highest BCUT2D eigenvalue weighted by atomic mass is 16.3. The smallest absolute Gasteiger partial charge is 0.222 e. The second-order valence-electron chi connectivity index (χ2n) is 6.45. The molecule has 4 heteroatoms. The predicted octanol–water partition coefficient (Wildman–Crippen LogP) is 1.91. The fraction of sp³-hybridized carbons (Fsp3) is 0.933. The number of carbonyl (C=O) groups is 1. The molecule has 1 saturated carbocycles. The maximum absolute atomic E-state index is 12.4. The summed E-state index contributed by atoms with van der Waals surface area (Å²) in [6, 6.07) is 0.359. The third-order valence-corrected chi connectivity index (χ3v) is 4.26. The number of carbonyl (C=O) groups excluding carboxylic acids is 1. The molecular formula is C15H30N2O2. The number of amides is 1. The highest BCUT2D eigenvalue weighted by molar-refractivity contribution is 5.76. The number of hydrogen-bond donors (Lipinski definition) is 2. The lowest BCUT2D eigenvalue weighted by atomic mass is 9.84. The van der Waals surface area contributed by atoms with Crippen molar-refractivity contribution < 1.29 is 9.90 Å². The predicted molar refractivity (Wildman–Crippen MR) is 77.7 cm³/mol. The van der Waals surface area contributed by atoms with Crippen molar-refractivity contribution in [2.24, 2.45) is 11.1 Å². The first-order chi connectivity index (χ1) is 9.00. The van der Waals surface area contributed by atoms with Gasteiger partial charge in [-0.3, -0.25) is 4.79 Å². The van der Waals surface area contributed by atoms with Crippen molar-refractivity contribution in [3.8, 4) is 0 Å². The topological polar surface area (TPSA) is 66.6 Å². The van der Waals surface area contributed by atoms with Crippen molar-refractivity contribution >= 4 is 5.91 Å². The van der Waals surface area contributed by atoms with Gasteiger partial charge in [0.1, 0.15) is 0 Å². The summed E-state index contributed by atoms with van der Waals surface area (Å²) in [7, 11) is 0. The lowest BCUT2D eigenvalue weighted by Crippen LogP contribution is -2.41. The Kier molecular flexibility index (Phi) is 6.80. The van der Waals surface area contributed by atoms with Crippen molar-refractivity contribution in [1.29, 1.82) is 0 Å². The van der Waals surface area contributed by atoms with Crippen molar-refractivity contribution in [1.82, 2.24) is 4.90 Å². The molecule has 1 amide bonds. The van der Waals surface area contributed by atoms with E-state index in [0.29, 0.717) is 25.6 Å². The summed E-state index contributed by atoms with van der Waals surface area (Å²) in [6.07, 6.45) is 7.00. The van der Waals surface area contributed by atoms with Crippen LogP contribution in [-0.2, 0) is 4.79 Å². The van der Waals surface area contributed by atoms with Crippen LogP contribution in [0, 0.1) is 5.41 Å². The third kappa shape index (κ3) is 5.49. The lowest BCUT2D eigenvalue weighted by Gasteiger charge is -2.30. The Bertz CT molecular complexity index is 273. The van der Waals surface area contributed by atoms with Crippen LogP contribution in [0.25, 0.3) is 0 Å². The molecule has 112 valence electrons. The molecule has 0 saturated heterocycles. The molecule has 1 aliphatic carbocycles. The largest absolute Gasteiger partial charge is 0.395 e. The molecule has 1 fully saturated rings. The summed E-state index contributed by atoms with van der Waals surface area (Å²) in [5.41, 5.74) is 5.73. The average Bonchev–Trinajstić information content (AvgIpc) is 2.86. The van der Waals surface area contributed by atoms with Gasteiger partial charge in [-0.2, -0.15) is 0 Å². The first-order valence-corrected chi connectivity index (χ1v) is 7.60. The van der Waals surface area contributed by atoms with E-state index in [0.717, 1.165) is 25.7 Å². The van der Waals surface area contributed by atoms with Crippen LogP contribution in [0.15, 0.2) is 0 Å². The third-order valence-electron chi connectivity index (χ3n) is 4.26. The maximum atomic E-state index is 12.4. The normalized spacial score (nSPS) is 16.8. The van der Waals surface area contributed by atoms with Crippen LogP contribution >= 0.6 is 0 Å². The number of aliphatic hydroxyl groups excluding tert-OH is 1. The van der Waals surface area contributed by atoms with Crippen molar-refractivity contribution in [3.63, 3.8) is 0 Å². The average molecular weight is 270 g/mol. The van der Waals surface area contributed by atoms with E-state index < -0.39 is 0 Å². The van der Waals surface area contributed by atoms with Gasteiger partial charge < -0.3 is 15.7 Å². The van der Waals surface area contributed by atoms with E-state index >= 15 is 0 Å². The number of nitrogens with zero attached hydrogens (tertiary/aromatic N) is 1. The standard InChI is InChI=1S/C15H30N2O2/c1-15(2,9-10-16)8-7-14(19)17(11-12-18)13-5-3-4-6-13/h13,18H,3-12,16H2,1-2H3. The molecule has 1 aliphatic rings. The Balaban J connectivity index is 2.47. The number of rotatable bonds is 8. The number of nitrogens with two attached hydrogens (primary N) is 1. The van der Waals surface area contributed by atoms with Crippen LogP contribution in [0.5, 0.6) is 0 Å². The molecule has 0 radical (unpaired) electrons. The molecule has 0 heterocycles. The van der Waals surface area contributed by atoms with E-state index in [2.05, 4.69) is 13.8 Å². The van der Waals surface area contributed by atoms with Gasteiger partial charge in [-0.25, -0.2) is 0 Å². The van der Waals surface area contributed by atoms with Crippen molar-refractivity contribution in [2.75, 3.05) is 19.7 Å². The van der Waals surface area contributed by atoms with Crippen LogP contribution in [0.4, 0.5) is 0 Å². The SMILES string of the molecule is CC(C)(CCN)CCC(=O)N(CCO)C1CCCC1. The first-order valence-electron chi connectivity index (χ1n) is 7.60. The zero-order valence-corrected chi connectivity index (χ0v) is 12.5. The quantitative estimate of drug-likeness (QED) is 0.708. The van der Waals surface area contributed by atoms with Crippen LogP contribution in [0.1, 0.15) is 58.8 Å². The summed E-state index contributed by atoms with van der Waals surface area (Å²) in [5.74, 6) is 0.200. The van der Waals surface area contributed by atoms with Gasteiger partial charge in [-0.05, 0) is 37.6 Å². The molecule has 0 aromatic carbocycles. The summed E-state index contributed by atoms with van der Waals surface area (Å²) < 4.78 is 0. The molecule has 0 spiro atoms. The summed E-state index contributed by atoms with van der Waals surface area (Å²) in [6.45, 7) is 5.55. The van der Waals surface area contributed by atoms with Gasteiger partial charge in [0.25, 0.3) is 0 Å². The van der Waals surface area contributed by atoms with E-state index in [4.69, 9.17) is 10.8 Å². The van der Waals surface area contributed by atoms with Crippen LogP contribution in [-0.4, -0.2) is 41.7 Å². The Labute approximate surface area is 117 Å². The molecule has 1 rings (SSSR count). The zero-order chi connectivity index (χ0) is 14.3. The number of aliphatic hydroxyl groups is 1. The molecule has 0 aromatic heterocycles. The van der Waals surface area contributed by atoms with Crippen molar-refractivity contribution in [2.45, 2.75) is 64.8 Å².